The molecule has 1 aromatic heterocycles. The van der Waals surface area contributed by atoms with Gasteiger partial charge in [0, 0.05) is 23.1 Å². The van der Waals surface area contributed by atoms with Crippen molar-refractivity contribution in [2.75, 3.05) is 25.7 Å². The van der Waals surface area contributed by atoms with Crippen LogP contribution in [0.2, 0.25) is 0 Å². The highest BCUT2D eigenvalue weighted by Gasteiger charge is 2.15. The van der Waals surface area contributed by atoms with E-state index in [4.69, 9.17) is 25.7 Å². The predicted molar refractivity (Wildman–Crippen MR) is 97.6 cm³/mol. The molecule has 1 heterocycles. The second-order valence-electron chi connectivity index (χ2n) is 5.54. The number of rotatable bonds is 4. The van der Waals surface area contributed by atoms with Crippen molar-refractivity contribution in [2.45, 2.75) is 6.92 Å². The van der Waals surface area contributed by atoms with E-state index in [0.29, 0.717) is 33.7 Å². The first-order valence-electron chi connectivity index (χ1n) is 7.70. The largest absolute Gasteiger partial charge is 0.496 e. The molecule has 0 unspecified atom stereocenters. The van der Waals surface area contributed by atoms with Crippen LogP contribution >= 0.6 is 0 Å². The van der Waals surface area contributed by atoms with Gasteiger partial charge in [0.15, 0.2) is 0 Å². The summed E-state index contributed by atoms with van der Waals surface area (Å²) in [4.78, 5) is 20.5. The van der Waals surface area contributed by atoms with Crippen LogP contribution in [0.15, 0.2) is 30.3 Å². The summed E-state index contributed by atoms with van der Waals surface area (Å²) in [6.45, 7) is 1.85. The van der Waals surface area contributed by atoms with Gasteiger partial charge in [-0.05, 0) is 25.1 Å². The molecule has 4 N–H and O–H groups in total. The number of nitrogens with zero attached hydrogens (tertiary/aromatic N) is 2. The van der Waals surface area contributed by atoms with E-state index in [9.17, 15) is 4.79 Å². The zero-order chi connectivity index (χ0) is 18.8. The third kappa shape index (κ3) is 3.16. The molecule has 0 bridgehead atoms. The van der Waals surface area contributed by atoms with Crippen molar-refractivity contribution in [2.24, 2.45) is 0 Å². The fourth-order valence-electron chi connectivity index (χ4n) is 2.58. The Kier molecular flexibility index (Phi) is 4.49. The number of nitrogen functional groups attached to an aromatic ring is 2. The minimum Gasteiger partial charge on any atom is -0.496 e. The number of nitrogens with two attached hydrogens (primary N) is 2. The van der Waals surface area contributed by atoms with Crippen LogP contribution in [0, 0.1) is 6.92 Å². The Bertz CT molecular complexity index is 979. The zero-order valence-electron chi connectivity index (χ0n) is 14.6. The van der Waals surface area contributed by atoms with Crippen LogP contribution in [0.4, 0.5) is 11.8 Å². The molecular weight excluding hydrogens is 336 g/mol. The third-order valence-corrected chi connectivity index (χ3v) is 3.91. The summed E-state index contributed by atoms with van der Waals surface area (Å²) >= 11 is 0. The van der Waals surface area contributed by atoms with Gasteiger partial charge in [-0.15, -0.1) is 0 Å². The second kappa shape index (κ2) is 6.75. The van der Waals surface area contributed by atoms with Gasteiger partial charge in [0.25, 0.3) is 0 Å². The molecule has 0 aliphatic rings. The molecule has 8 nitrogen and oxygen atoms in total. The summed E-state index contributed by atoms with van der Waals surface area (Å²) in [6.07, 6.45) is 0. The number of benzene rings is 2. The Hall–Kier alpha value is -3.55. The molecule has 0 amide bonds. The van der Waals surface area contributed by atoms with E-state index < -0.39 is 5.97 Å². The fourth-order valence-corrected chi connectivity index (χ4v) is 2.58. The molecule has 0 radical (unpaired) electrons. The van der Waals surface area contributed by atoms with E-state index in [-0.39, 0.29) is 11.8 Å². The molecule has 8 heteroatoms. The lowest BCUT2D eigenvalue weighted by Gasteiger charge is -2.13. The average molecular weight is 354 g/mol. The minimum absolute atomic E-state index is 0.0733. The molecule has 0 fully saturated rings. The topological polar surface area (TPSA) is 123 Å². The van der Waals surface area contributed by atoms with Crippen LogP contribution in [-0.2, 0) is 0 Å². The highest BCUT2D eigenvalue weighted by atomic mass is 16.5. The number of anilines is 2. The first-order chi connectivity index (χ1) is 12.4. The van der Waals surface area contributed by atoms with Gasteiger partial charge in [-0.1, -0.05) is 0 Å². The number of hydrogen-bond acceptors (Lipinski definition) is 8. The van der Waals surface area contributed by atoms with Crippen LogP contribution in [0.5, 0.6) is 17.2 Å². The van der Waals surface area contributed by atoms with Crippen molar-refractivity contribution < 1.29 is 19.0 Å². The molecule has 3 aromatic rings. The van der Waals surface area contributed by atoms with Gasteiger partial charge in [-0.25, -0.2) is 9.78 Å². The molecule has 0 saturated heterocycles. The summed E-state index contributed by atoms with van der Waals surface area (Å²) in [5.74, 6) is 1.12. The van der Waals surface area contributed by atoms with E-state index >= 15 is 0 Å². The quantitative estimate of drug-likeness (QED) is 0.540. The Morgan fingerprint density at radius 3 is 2.27 bits per heavy atom. The van der Waals surface area contributed by atoms with Crippen LogP contribution in [0.25, 0.3) is 10.9 Å². The Morgan fingerprint density at radius 2 is 1.65 bits per heavy atom. The molecule has 3 rings (SSSR count). The van der Waals surface area contributed by atoms with Crippen molar-refractivity contribution in [3.8, 4) is 17.2 Å². The molecule has 0 spiro atoms. The van der Waals surface area contributed by atoms with E-state index in [1.807, 2.05) is 6.92 Å². The molecule has 0 aliphatic carbocycles. The highest BCUT2D eigenvalue weighted by Crippen LogP contribution is 2.33. The monoisotopic (exact) mass is 354 g/mol. The maximum absolute atomic E-state index is 12.5. The number of ether oxygens (including phenoxy) is 3. The Morgan fingerprint density at radius 1 is 1.00 bits per heavy atom. The molecule has 26 heavy (non-hydrogen) atoms. The smallest absolute Gasteiger partial charge is 0.343 e. The van der Waals surface area contributed by atoms with Crippen molar-refractivity contribution in [1.82, 2.24) is 9.97 Å². The van der Waals surface area contributed by atoms with E-state index in [0.717, 1.165) is 5.56 Å². The van der Waals surface area contributed by atoms with Gasteiger partial charge in [0.2, 0.25) is 5.95 Å². The highest BCUT2D eigenvalue weighted by molar-refractivity contribution is 5.98. The summed E-state index contributed by atoms with van der Waals surface area (Å²) in [5.41, 5.74) is 13.1. The lowest BCUT2D eigenvalue weighted by atomic mass is 10.1. The van der Waals surface area contributed by atoms with Gasteiger partial charge in [-0.2, -0.15) is 4.98 Å². The molecule has 0 aliphatic heterocycles. The van der Waals surface area contributed by atoms with Crippen molar-refractivity contribution in [1.29, 1.82) is 0 Å². The fraction of sp³-hybridized carbons (Fsp3) is 0.167. The molecule has 0 atom stereocenters. The maximum atomic E-state index is 12.5. The predicted octanol–water partition coefficient (Wildman–Crippen LogP) is 2.34. The number of fused-ring (bicyclic) bond motifs is 1. The summed E-state index contributed by atoms with van der Waals surface area (Å²) in [6, 6.07) is 8.02. The third-order valence-electron chi connectivity index (χ3n) is 3.91. The zero-order valence-corrected chi connectivity index (χ0v) is 14.6. The van der Waals surface area contributed by atoms with E-state index in [2.05, 4.69) is 9.97 Å². The number of methoxy groups -OCH3 is 2. The molecule has 2 aromatic carbocycles. The van der Waals surface area contributed by atoms with E-state index in [1.54, 1.807) is 30.3 Å². The Labute approximate surface area is 149 Å². The number of carbonyl (C=O) groups is 1. The standard InChI is InChI=1S/C18H18N4O4/c1-9-14(24-2)7-11(8-15(9)25-3)26-17(23)10-4-5-13-12(6-10)16(19)22-18(20)21-13/h4-8H,1-3H3,(H4,19,20,21,22). The maximum Gasteiger partial charge on any atom is 0.343 e. The lowest BCUT2D eigenvalue weighted by Crippen LogP contribution is -2.09. The SMILES string of the molecule is COc1cc(OC(=O)c2ccc3nc(N)nc(N)c3c2)cc(OC)c1C. The summed E-state index contributed by atoms with van der Waals surface area (Å²) in [5, 5.41) is 0.521. The second-order valence-corrected chi connectivity index (χ2v) is 5.54. The molecule has 134 valence electrons. The Balaban J connectivity index is 1.94. The average Bonchev–Trinajstić information content (AvgIpc) is 2.62. The van der Waals surface area contributed by atoms with Crippen molar-refractivity contribution >= 4 is 28.6 Å². The number of carbonyl (C=O) groups excluding carboxylic acids is 1. The number of esters is 1. The lowest BCUT2D eigenvalue weighted by molar-refractivity contribution is 0.0734. The van der Waals surface area contributed by atoms with E-state index in [1.165, 1.54) is 14.2 Å². The van der Waals surface area contributed by atoms with Crippen LogP contribution in [-0.4, -0.2) is 30.2 Å². The minimum atomic E-state index is -0.559. The van der Waals surface area contributed by atoms with Crippen LogP contribution < -0.4 is 25.7 Å². The van der Waals surface area contributed by atoms with Gasteiger partial charge < -0.3 is 25.7 Å². The van der Waals surface area contributed by atoms with Crippen LogP contribution in [0.1, 0.15) is 15.9 Å². The molecule has 0 saturated carbocycles. The van der Waals surface area contributed by atoms with Gasteiger partial charge >= 0.3 is 5.97 Å². The summed E-state index contributed by atoms with van der Waals surface area (Å²) in [7, 11) is 3.07. The van der Waals surface area contributed by atoms with Crippen molar-refractivity contribution in [3.63, 3.8) is 0 Å². The van der Waals surface area contributed by atoms with Crippen LogP contribution in [0.3, 0.4) is 0 Å². The first-order valence-corrected chi connectivity index (χ1v) is 7.70. The van der Waals surface area contributed by atoms with Gasteiger partial charge in [0.1, 0.15) is 23.1 Å². The van der Waals surface area contributed by atoms with Gasteiger partial charge in [0.05, 0.1) is 25.3 Å². The number of hydrogen-bond donors (Lipinski definition) is 2. The van der Waals surface area contributed by atoms with Crippen molar-refractivity contribution in [3.05, 3.63) is 41.5 Å². The normalized spacial score (nSPS) is 10.6. The molecular formula is C18H18N4O4. The number of aromatic nitrogens is 2. The van der Waals surface area contributed by atoms with Gasteiger partial charge in [-0.3, -0.25) is 0 Å². The first kappa shape index (κ1) is 17.3. The summed E-state index contributed by atoms with van der Waals surface area (Å²) < 4.78 is 16.0.